The van der Waals surface area contributed by atoms with Gasteiger partial charge in [0.1, 0.15) is 0 Å². The van der Waals surface area contributed by atoms with E-state index in [-0.39, 0.29) is 6.04 Å². The van der Waals surface area contributed by atoms with Crippen molar-refractivity contribution < 1.29 is 9.26 Å². The maximum Gasteiger partial charge on any atom is 0.244 e. The number of hydrogen-bond donors (Lipinski definition) is 0. The first-order valence-electron chi connectivity index (χ1n) is 11.0. The first-order valence-corrected chi connectivity index (χ1v) is 11.0. The number of benzene rings is 1. The molecule has 0 bridgehead atoms. The van der Waals surface area contributed by atoms with Gasteiger partial charge in [-0.2, -0.15) is 10.2 Å². The van der Waals surface area contributed by atoms with Crippen molar-refractivity contribution in [1.82, 2.24) is 15.0 Å². The molecule has 4 rings (SSSR count). The van der Waals surface area contributed by atoms with E-state index in [0.29, 0.717) is 18.9 Å². The lowest BCUT2D eigenvalue weighted by Crippen LogP contribution is -2.33. The topological polar surface area (TPSA) is 75.2 Å². The molecule has 2 aliphatic rings. The number of piperidine rings is 1. The van der Waals surface area contributed by atoms with Crippen LogP contribution in [0.2, 0.25) is 0 Å². The van der Waals surface area contributed by atoms with Gasteiger partial charge < -0.3 is 9.26 Å². The third-order valence-corrected chi connectivity index (χ3v) is 6.19. The molecule has 0 spiro atoms. The molecule has 0 amide bonds. The van der Waals surface area contributed by atoms with Crippen LogP contribution in [0.4, 0.5) is 0 Å². The van der Waals surface area contributed by atoms with Gasteiger partial charge in [-0.15, -0.1) is 0 Å². The monoisotopic (exact) mass is 394 g/mol. The summed E-state index contributed by atoms with van der Waals surface area (Å²) >= 11 is 0. The van der Waals surface area contributed by atoms with E-state index in [1.165, 1.54) is 25.7 Å². The molecule has 1 saturated carbocycles. The van der Waals surface area contributed by atoms with Gasteiger partial charge in [-0.25, -0.2) is 0 Å². The van der Waals surface area contributed by atoms with Crippen molar-refractivity contribution in [2.75, 3.05) is 19.8 Å². The zero-order chi connectivity index (χ0) is 19.9. The average molecular weight is 395 g/mol. The van der Waals surface area contributed by atoms with Gasteiger partial charge in [-0.3, -0.25) is 4.90 Å². The highest BCUT2D eigenvalue weighted by atomic mass is 16.5. The molecular formula is C23H30N4O2. The molecule has 1 aromatic carbocycles. The van der Waals surface area contributed by atoms with Crippen molar-refractivity contribution in [1.29, 1.82) is 5.26 Å². The normalized spacial score (nSPS) is 20.7. The molecule has 1 aliphatic heterocycles. The molecule has 1 unspecified atom stereocenters. The molecular weight excluding hydrogens is 364 g/mol. The van der Waals surface area contributed by atoms with Crippen molar-refractivity contribution in [2.24, 2.45) is 5.92 Å². The predicted molar refractivity (Wildman–Crippen MR) is 109 cm³/mol. The second-order valence-electron chi connectivity index (χ2n) is 8.28. The van der Waals surface area contributed by atoms with Gasteiger partial charge in [0.2, 0.25) is 5.89 Å². The van der Waals surface area contributed by atoms with E-state index >= 15 is 0 Å². The summed E-state index contributed by atoms with van der Waals surface area (Å²) in [5, 5.41) is 13.6. The quantitative estimate of drug-likeness (QED) is 0.617. The Kier molecular flexibility index (Phi) is 6.91. The Labute approximate surface area is 172 Å². The first-order chi connectivity index (χ1) is 14.3. The Bertz CT molecular complexity index is 822. The third-order valence-electron chi connectivity index (χ3n) is 6.19. The van der Waals surface area contributed by atoms with Gasteiger partial charge in [-0.05, 0) is 49.8 Å². The summed E-state index contributed by atoms with van der Waals surface area (Å²) in [4.78, 5) is 7.04. The van der Waals surface area contributed by atoms with Crippen molar-refractivity contribution >= 4 is 0 Å². The highest BCUT2D eigenvalue weighted by Crippen LogP contribution is 2.31. The van der Waals surface area contributed by atoms with Crippen LogP contribution >= 0.6 is 0 Å². The Balaban J connectivity index is 1.34. The van der Waals surface area contributed by atoms with Crippen LogP contribution in [0.5, 0.6) is 0 Å². The maximum atomic E-state index is 9.38. The summed E-state index contributed by atoms with van der Waals surface area (Å²) in [6.45, 7) is 3.22. The average Bonchev–Trinajstić information content (AvgIpc) is 3.44. The Hall–Kier alpha value is -2.23. The third kappa shape index (κ3) is 5.23. The Morgan fingerprint density at radius 1 is 1.14 bits per heavy atom. The number of aromatic nitrogens is 2. The molecule has 1 aliphatic carbocycles. The maximum absolute atomic E-state index is 9.38. The summed E-state index contributed by atoms with van der Waals surface area (Å²) in [5.41, 5.74) is 1.80. The molecule has 6 nitrogen and oxygen atoms in total. The highest BCUT2D eigenvalue weighted by Gasteiger charge is 2.29. The predicted octanol–water partition coefficient (Wildman–Crippen LogP) is 4.42. The summed E-state index contributed by atoms with van der Waals surface area (Å²) in [6, 6.07) is 10.2. The van der Waals surface area contributed by atoms with Crippen LogP contribution < -0.4 is 0 Å². The van der Waals surface area contributed by atoms with Crippen LogP contribution in [0.15, 0.2) is 28.8 Å². The fraction of sp³-hybridized carbons (Fsp3) is 0.609. The van der Waals surface area contributed by atoms with Crippen LogP contribution in [-0.4, -0.2) is 34.8 Å². The zero-order valence-corrected chi connectivity index (χ0v) is 17.1. The molecule has 29 heavy (non-hydrogen) atoms. The van der Waals surface area contributed by atoms with E-state index in [9.17, 15) is 5.26 Å². The molecule has 2 heterocycles. The van der Waals surface area contributed by atoms with E-state index in [4.69, 9.17) is 9.26 Å². The second-order valence-corrected chi connectivity index (χ2v) is 8.28. The summed E-state index contributed by atoms with van der Waals surface area (Å²) in [6.07, 6.45) is 9.31. The van der Waals surface area contributed by atoms with Gasteiger partial charge in [0.25, 0.3) is 0 Å². The molecule has 1 saturated heterocycles. The van der Waals surface area contributed by atoms with Crippen LogP contribution in [-0.2, 0) is 17.7 Å². The number of rotatable bonds is 8. The summed E-state index contributed by atoms with van der Waals surface area (Å²) < 4.78 is 11.5. The minimum Gasteiger partial charge on any atom is -0.381 e. The molecule has 1 atom stereocenters. The van der Waals surface area contributed by atoms with E-state index in [1.807, 2.05) is 24.3 Å². The fourth-order valence-corrected chi connectivity index (χ4v) is 4.54. The van der Waals surface area contributed by atoms with Gasteiger partial charge in [-0.1, -0.05) is 42.6 Å². The number of nitriles is 1. The molecule has 0 N–H and O–H groups in total. The van der Waals surface area contributed by atoms with Gasteiger partial charge in [0.05, 0.1) is 24.3 Å². The molecule has 6 heteroatoms. The lowest BCUT2D eigenvalue weighted by molar-refractivity contribution is 0.102. The lowest BCUT2D eigenvalue weighted by Gasteiger charge is -2.33. The Morgan fingerprint density at radius 2 is 1.97 bits per heavy atom. The van der Waals surface area contributed by atoms with Crippen LogP contribution in [0, 0.1) is 17.2 Å². The molecule has 1 aromatic heterocycles. The smallest absolute Gasteiger partial charge is 0.244 e. The standard InChI is InChI=1S/C23H30N4O2/c24-15-19-9-3-4-10-20(19)16-27-13-6-5-11-21(27)23-25-22(26-29-23)12-14-28-17-18-7-1-2-8-18/h3-4,9-10,18,21H,1-2,5-8,11-14,16-17H2. The number of nitrogens with zero attached hydrogens (tertiary/aromatic N) is 4. The molecule has 2 fully saturated rings. The van der Waals surface area contributed by atoms with Crippen LogP contribution in [0.3, 0.4) is 0 Å². The van der Waals surface area contributed by atoms with Crippen molar-refractivity contribution in [2.45, 2.75) is 64.0 Å². The van der Waals surface area contributed by atoms with Crippen LogP contribution in [0.25, 0.3) is 0 Å². The van der Waals surface area contributed by atoms with Gasteiger partial charge in [0.15, 0.2) is 5.82 Å². The summed E-state index contributed by atoms with van der Waals surface area (Å²) in [7, 11) is 0. The van der Waals surface area contributed by atoms with Crippen molar-refractivity contribution in [3.05, 3.63) is 47.1 Å². The number of hydrogen-bond acceptors (Lipinski definition) is 6. The van der Waals surface area contributed by atoms with Gasteiger partial charge >= 0.3 is 0 Å². The first kappa shape index (κ1) is 20.1. The highest BCUT2D eigenvalue weighted by molar-refractivity contribution is 5.37. The minimum atomic E-state index is 0.121. The summed E-state index contributed by atoms with van der Waals surface area (Å²) in [5.74, 6) is 2.17. The number of likely N-dealkylation sites (tertiary alicyclic amines) is 1. The zero-order valence-electron chi connectivity index (χ0n) is 17.1. The largest absolute Gasteiger partial charge is 0.381 e. The van der Waals surface area contributed by atoms with Crippen LogP contribution in [0.1, 0.15) is 73.8 Å². The molecule has 2 aromatic rings. The van der Waals surface area contributed by atoms with E-state index in [2.05, 4.69) is 21.1 Å². The molecule has 154 valence electrons. The van der Waals surface area contributed by atoms with E-state index in [1.54, 1.807) is 0 Å². The number of ether oxygens (including phenoxy) is 1. The lowest BCUT2D eigenvalue weighted by atomic mass is 10.00. The Morgan fingerprint density at radius 3 is 2.83 bits per heavy atom. The van der Waals surface area contributed by atoms with Crippen molar-refractivity contribution in [3.63, 3.8) is 0 Å². The van der Waals surface area contributed by atoms with E-state index < -0.39 is 0 Å². The minimum absolute atomic E-state index is 0.121. The SMILES string of the molecule is N#Cc1ccccc1CN1CCCCC1c1nc(CCOCC2CCCC2)no1. The molecule has 0 radical (unpaired) electrons. The van der Waals surface area contributed by atoms with Crippen molar-refractivity contribution in [3.8, 4) is 6.07 Å². The second kappa shape index (κ2) is 10.00. The van der Waals surface area contributed by atoms with Gasteiger partial charge in [0, 0.05) is 19.6 Å². The fourth-order valence-electron chi connectivity index (χ4n) is 4.54. The van der Waals surface area contributed by atoms with E-state index in [0.717, 1.165) is 61.8 Å².